The van der Waals surface area contributed by atoms with Gasteiger partial charge in [-0.1, -0.05) is 30.3 Å². The van der Waals surface area contributed by atoms with E-state index in [-0.39, 0.29) is 36.1 Å². The zero-order valence-corrected chi connectivity index (χ0v) is 19.7. The Labute approximate surface area is 204 Å². The van der Waals surface area contributed by atoms with E-state index in [4.69, 9.17) is 0 Å². The minimum atomic E-state index is -0.637. The predicted octanol–water partition coefficient (Wildman–Crippen LogP) is 2.29. The van der Waals surface area contributed by atoms with E-state index in [0.29, 0.717) is 31.6 Å². The van der Waals surface area contributed by atoms with Crippen molar-refractivity contribution in [2.75, 3.05) is 32.7 Å². The summed E-state index contributed by atoms with van der Waals surface area (Å²) in [7, 11) is 0. The lowest BCUT2D eigenvalue weighted by Crippen LogP contribution is -2.53. The molecule has 3 aliphatic heterocycles. The van der Waals surface area contributed by atoms with Crippen LogP contribution >= 0.6 is 0 Å². The van der Waals surface area contributed by atoms with Crippen LogP contribution in [0.25, 0.3) is 5.57 Å². The van der Waals surface area contributed by atoms with Crippen molar-refractivity contribution in [3.63, 3.8) is 0 Å². The largest absolute Gasteiger partial charge is 0.350 e. The molecule has 3 heterocycles. The van der Waals surface area contributed by atoms with Crippen LogP contribution < -0.4 is 10.6 Å². The summed E-state index contributed by atoms with van der Waals surface area (Å²) in [5.41, 5.74) is 4.93. The van der Waals surface area contributed by atoms with E-state index >= 15 is 0 Å². The molecule has 3 aliphatic rings. The first kappa shape index (κ1) is 23.2. The number of carbonyl (C=O) groups excluding carboxylic acids is 3. The predicted molar refractivity (Wildman–Crippen MR) is 130 cm³/mol. The van der Waals surface area contributed by atoms with E-state index in [1.165, 1.54) is 17.7 Å². The third kappa shape index (κ3) is 4.71. The van der Waals surface area contributed by atoms with Gasteiger partial charge in [-0.15, -0.1) is 0 Å². The molecule has 2 atom stereocenters. The number of carbonyl (C=O) groups is 3. The van der Waals surface area contributed by atoms with Gasteiger partial charge < -0.3 is 15.5 Å². The molecule has 0 saturated carbocycles. The third-order valence-corrected chi connectivity index (χ3v) is 7.17. The average molecular weight is 477 g/mol. The topological polar surface area (TPSA) is 81.8 Å². The van der Waals surface area contributed by atoms with Crippen molar-refractivity contribution in [2.24, 2.45) is 0 Å². The Morgan fingerprint density at radius 1 is 1.14 bits per heavy atom. The second-order valence-corrected chi connectivity index (χ2v) is 9.38. The summed E-state index contributed by atoms with van der Waals surface area (Å²) in [6.07, 6.45) is 3.45. The van der Waals surface area contributed by atoms with Gasteiger partial charge in [-0.2, -0.15) is 0 Å². The standard InChI is InChI=1S/C27H29FN4O3/c1-17(27(35)31-12-9-19(10-13-31)18-5-7-21(28)8-6-18)30-24(33)16-32-14-11-20-3-2-4-22-25(20)23(32)15-29-26(22)34/h2-9,17,23H,10-16H2,1H3,(H,29,34)(H,30,33)/t17-,23?/m0/s1. The Morgan fingerprint density at radius 2 is 1.94 bits per heavy atom. The highest BCUT2D eigenvalue weighted by molar-refractivity contribution is 5.97. The van der Waals surface area contributed by atoms with Crippen LogP contribution in [0.15, 0.2) is 48.5 Å². The quantitative estimate of drug-likeness (QED) is 0.694. The molecule has 0 saturated heterocycles. The van der Waals surface area contributed by atoms with E-state index in [1.54, 1.807) is 24.0 Å². The summed E-state index contributed by atoms with van der Waals surface area (Å²) in [6.45, 7) is 4.08. The number of hydrogen-bond donors (Lipinski definition) is 2. The van der Waals surface area contributed by atoms with Crippen molar-refractivity contribution < 1.29 is 18.8 Å². The number of benzene rings is 2. The fourth-order valence-electron chi connectivity index (χ4n) is 5.33. The highest BCUT2D eigenvalue weighted by Gasteiger charge is 2.35. The molecule has 0 aromatic heterocycles. The van der Waals surface area contributed by atoms with Crippen LogP contribution in [0.3, 0.4) is 0 Å². The molecule has 0 spiro atoms. The van der Waals surface area contributed by atoms with Crippen molar-refractivity contribution in [3.8, 4) is 0 Å². The molecular formula is C27H29FN4O3. The smallest absolute Gasteiger partial charge is 0.251 e. The zero-order chi connectivity index (χ0) is 24.5. The van der Waals surface area contributed by atoms with Crippen LogP contribution in [-0.4, -0.2) is 66.3 Å². The molecule has 182 valence electrons. The highest BCUT2D eigenvalue weighted by atomic mass is 19.1. The normalized spacial score (nSPS) is 20.4. The second-order valence-electron chi connectivity index (χ2n) is 9.38. The molecule has 0 bridgehead atoms. The maximum absolute atomic E-state index is 13.2. The van der Waals surface area contributed by atoms with Gasteiger partial charge >= 0.3 is 0 Å². The maximum atomic E-state index is 13.2. The van der Waals surface area contributed by atoms with Gasteiger partial charge in [0.05, 0.1) is 12.6 Å². The maximum Gasteiger partial charge on any atom is 0.251 e. The van der Waals surface area contributed by atoms with Crippen molar-refractivity contribution >= 4 is 23.3 Å². The number of amides is 3. The van der Waals surface area contributed by atoms with E-state index < -0.39 is 6.04 Å². The minimum Gasteiger partial charge on any atom is -0.350 e. The minimum absolute atomic E-state index is 0.0403. The van der Waals surface area contributed by atoms with Crippen LogP contribution in [0.1, 0.15) is 46.4 Å². The van der Waals surface area contributed by atoms with Gasteiger partial charge in [-0.05, 0) is 60.2 Å². The van der Waals surface area contributed by atoms with Crippen LogP contribution in [0.2, 0.25) is 0 Å². The molecule has 5 rings (SSSR count). The summed E-state index contributed by atoms with van der Waals surface area (Å²) in [4.78, 5) is 41.9. The van der Waals surface area contributed by atoms with Crippen molar-refractivity contribution in [3.05, 3.63) is 76.6 Å². The first-order valence-electron chi connectivity index (χ1n) is 12.1. The number of nitrogens with zero attached hydrogens (tertiary/aromatic N) is 2. The van der Waals surface area contributed by atoms with Gasteiger partial charge in [0, 0.05) is 31.7 Å². The van der Waals surface area contributed by atoms with Crippen molar-refractivity contribution in [2.45, 2.75) is 31.8 Å². The molecule has 3 amide bonds. The molecule has 0 fully saturated rings. The summed E-state index contributed by atoms with van der Waals surface area (Å²) >= 11 is 0. The molecule has 35 heavy (non-hydrogen) atoms. The SMILES string of the molecule is C[C@H](NC(=O)CN1CCc2cccc3c2C1CNC3=O)C(=O)N1CC=C(c2ccc(F)cc2)CC1. The Kier molecular flexibility index (Phi) is 6.38. The Bertz CT molecular complexity index is 1190. The lowest BCUT2D eigenvalue weighted by Gasteiger charge is -2.40. The second kappa shape index (κ2) is 9.62. The monoisotopic (exact) mass is 476 g/mol. The lowest BCUT2D eigenvalue weighted by molar-refractivity contribution is -0.136. The van der Waals surface area contributed by atoms with E-state index in [0.717, 1.165) is 29.7 Å². The lowest BCUT2D eigenvalue weighted by atomic mass is 9.86. The van der Waals surface area contributed by atoms with Crippen LogP contribution in [-0.2, 0) is 16.0 Å². The molecule has 0 radical (unpaired) electrons. The average Bonchev–Trinajstić information content (AvgIpc) is 2.87. The molecule has 2 aromatic rings. The van der Waals surface area contributed by atoms with Crippen LogP contribution in [0, 0.1) is 5.82 Å². The summed E-state index contributed by atoms with van der Waals surface area (Å²) in [5.74, 6) is -0.664. The van der Waals surface area contributed by atoms with Gasteiger partial charge in [0.1, 0.15) is 11.9 Å². The zero-order valence-electron chi connectivity index (χ0n) is 19.7. The Hall–Kier alpha value is -3.52. The fourth-order valence-corrected chi connectivity index (χ4v) is 5.33. The fraction of sp³-hybridized carbons (Fsp3) is 0.370. The molecule has 1 unspecified atom stereocenters. The molecular weight excluding hydrogens is 447 g/mol. The molecule has 2 N–H and O–H groups in total. The number of halogens is 1. The van der Waals surface area contributed by atoms with Gasteiger partial charge in [-0.3, -0.25) is 19.3 Å². The van der Waals surface area contributed by atoms with Crippen LogP contribution in [0.5, 0.6) is 0 Å². The number of hydrogen-bond acceptors (Lipinski definition) is 4. The molecule has 7 nitrogen and oxygen atoms in total. The van der Waals surface area contributed by atoms with Gasteiger partial charge in [0.2, 0.25) is 11.8 Å². The summed E-state index contributed by atoms with van der Waals surface area (Å²) in [6, 6.07) is 11.5. The van der Waals surface area contributed by atoms with Crippen LogP contribution in [0.4, 0.5) is 4.39 Å². The molecule has 0 aliphatic carbocycles. The van der Waals surface area contributed by atoms with Crippen molar-refractivity contribution in [1.82, 2.24) is 20.4 Å². The first-order valence-corrected chi connectivity index (χ1v) is 12.1. The third-order valence-electron chi connectivity index (χ3n) is 7.17. The highest BCUT2D eigenvalue weighted by Crippen LogP contribution is 2.34. The van der Waals surface area contributed by atoms with Crippen molar-refractivity contribution in [1.29, 1.82) is 0 Å². The van der Waals surface area contributed by atoms with E-state index in [2.05, 4.69) is 21.6 Å². The summed E-state index contributed by atoms with van der Waals surface area (Å²) < 4.78 is 13.2. The van der Waals surface area contributed by atoms with E-state index in [1.807, 2.05) is 18.2 Å². The Morgan fingerprint density at radius 3 is 2.69 bits per heavy atom. The number of rotatable bonds is 5. The van der Waals surface area contributed by atoms with Gasteiger partial charge in [0.25, 0.3) is 5.91 Å². The molecule has 8 heteroatoms. The van der Waals surface area contributed by atoms with Gasteiger partial charge in [-0.25, -0.2) is 4.39 Å². The molecule has 2 aromatic carbocycles. The number of nitrogens with one attached hydrogen (secondary N) is 2. The Balaban J connectivity index is 1.17. The summed E-state index contributed by atoms with van der Waals surface area (Å²) in [5, 5.41) is 5.79. The van der Waals surface area contributed by atoms with E-state index in [9.17, 15) is 18.8 Å². The van der Waals surface area contributed by atoms with Gasteiger partial charge in [0.15, 0.2) is 0 Å². The first-order chi connectivity index (χ1) is 16.9.